The molecule has 1 saturated heterocycles. The standard InChI is InChI=1S/C12H26N2O/c1-10(13-4)12(2,3)9-14-7-5-11(15)6-8-14/h10-11,13,15H,5-9H2,1-4H3. The molecule has 1 atom stereocenters. The summed E-state index contributed by atoms with van der Waals surface area (Å²) in [4.78, 5) is 2.47. The van der Waals surface area contributed by atoms with Gasteiger partial charge in [-0.05, 0) is 32.2 Å². The Balaban J connectivity index is 2.40. The van der Waals surface area contributed by atoms with Gasteiger partial charge in [0.1, 0.15) is 0 Å². The predicted octanol–water partition coefficient (Wildman–Crippen LogP) is 1.08. The second kappa shape index (κ2) is 5.28. The van der Waals surface area contributed by atoms with Gasteiger partial charge in [0.2, 0.25) is 0 Å². The fourth-order valence-electron chi connectivity index (χ4n) is 2.18. The van der Waals surface area contributed by atoms with Crippen LogP contribution in [0.2, 0.25) is 0 Å². The van der Waals surface area contributed by atoms with E-state index < -0.39 is 0 Å². The molecular weight excluding hydrogens is 188 g/mol. The Labute approximate surface area is 93.9 Å². The summed E-state index contributed by atoms with van der Waals surface area (Å²) in [5.74, 6) is 0. The van der Waals surface area contributed by atoms with Crippen LogP contribution in [0.25, 0.3) is 0 Å². The molecule has 1 unspecified atom stereocenters. The molecule has 90 valence electrons. The lowest BCUT2D eigenvalue weighted by Crippen LogP contribution is -2.48. The number of nitrogens with zero attached hydrogens (tertiary/aromatic N) is 1. The third-order valence-corrected chi connectivity index (χ3v) is 3.79. The van der Waals surface area contributed by atoms with Gasteiger partial charge in [0.25, 0.3) is 0 Å². The van der Waals surface area contributed by atoms with Crippen molar-refractivity contribution in [1.82, 2.24) is 10.2 Å². The summed E-state index contributed by atoms with van der Waals surface area (Å²) in [6, 6.07) is 0.518. The average Bonchev–Trinajstić information content (AvgIpc) is 2.20. The Morgan fingerprint density at radius 2 is 1.93 bits per heavy atom. The lowest BCUT2D eigenvalue weighted by Gasteiger charge is -2.39. The van der Waals surface area contributed by atoms with Gasteiger partial charge in [0.15, 0.2) is 0 Å². The maximum atomic E-state index is 9.44. The molecule has 1 heterocycles. The molecule has 0 aliphatic carbocycles. The molecular formula is C12H26N2O. The first kappa shape index (κ1) is 12.9. The van der Waals surface area contributed by atoms with Gasteiger partial charge in [0, 0.05) is 25.7 Å². The smallest absolute Gasteiger partial charge is 0.0564 e. The summed E-state index contributed by atoms with van der Waals surface area (Å²) >= 11 is 0. The number of likely N-dealkylation sites (tertiary alicyclic amines) is 1. The molecule has 1 fully saturated rings. The summed E-state index contributed by atoms with van der Waals surface area (Å²) in [5.41, 5.74) is 0.289. The summed E-state index contributed by atoms with van der Waals surface area (Å²) in [7, 11) is 2.02. The quantitative estimate of drug-likeness (QED) is 0.735. The molecule has 0 aromatic rings. The van der Waals surface area contributed by atoms with E-state index >= 15 is 0 Å². The number of piperidine rings is 1. The van der Waals surface area contributed by atoms with Crippen molar-refractivity contribution < 1.29 is 5.11 Å². The molecule has 3 nitrogen and oxygen atoms in total. The lowest BCUT2D eigenvalue weighted by molar-refractivity contribution is 0.0565. The second-order valence-electron chi connectivity index (χ2n) is 5.51. The van der Waals surface area contributed by atoms with Crippen molar-refractivity contribution in [3.05, 3.63) is 0 Å². The monoisotopic (exact) mass is 214 g/mol. The van der Waals surface area contributed by atoms with E-state index in [1.54, 1.807) is 0 Å². The van der Waals surface area contributed by atoms with E-state index in [2.05, 4.69) is 31.0 Å². The minimum Gasteiger partial charge on any atom is -0.393 e. The van der Waals surface area contributed by atoms with Crippen LogP contribution in [0, 0.1) is 5.41 Å². The fraction of sp³-hybridized carbons (Fsp3) is 1.00. The van der Waals surface area contributed by atoms with Crippen LogP contribution in [-0.4, -0.2) is 48.8 Å². The van der Waals surface area contributed by atoms with Crippen LogP contribution in [0.1, 0.15) is 33.6 Å². The molecule has 0 radical (unpaired) electrons. The Morgan fingerprint density at radius 3 is 2.40 bits per heavy atom. The zero-order chi connectivity index (χ0) is 11.5. The Morgan fingerprint density at radius 1 is 1.40 bits per heavy atom. The Hall–Kier alpha value is -0.120. The number of aliphatic hydroxyl groups is 1. The van der Waals surface area contributed by atoms with E-state index in [1.165, 1.54) is 0 Å². The number of aliphatic hydroxyl groups excluding tert-OH is 1. The van der Waals surface area contributed by atoms with Gasteiger partial charge in [-0.3, -0.25) is 0 Å². The number of nitrogens with one attached hydrogen (secondary N) is 1. The van der Waals surface area contributed by atoms with Crippen molar-refractivity contribution >= 4 is 0 Å². The zero-order valence-corrected chi connectivity index (χ0v) is 10.6. The topological polar surface area (TPSA) is 35.5 Å². The second-order valence-corrected chi connectivity index (χ2v) is 5.51. The lowest BCUT2D eigenvalue weighted by atomic mass is 9.84. The normalized spacial score (nSPS) is 23.0. The molecule has 0 spiro atoms. The largest absolute Gasteiger partial charge is 0.393 e. The minimum atomic E-state index is -0.0638. The zero-order valence-electron chi connectivity index (χ0n) is 10.6. The van der Waals surface area contributed by atoms with Gasteiger partial charge < -0.3 is 15.3 Å². The van der Waals surface area contributed by atoms with Crippen molar-refractivity contribution in [1.29, 1.82) is 0 Å². The van der Waals surface area contributed by atoms with Crippen LogP contribution < -0.4 is 5.32 Å². The van der Waals surface area contributed by atoms with Gasteiger partial charge in [-0.1, -0.05) is 13.8 Å². The first-order valence-electron chi connectivity index (χ1n) is 6.03. The highest BCUT2D eigenvalue weighted by Gasteiger charge is 2.28. The highest BCUT2D eigenvalue weighted by molar-refractivity contribution is 4.84. The van der Waals surface area contributed by atoms with Crippen molar-refractivity contribution in [2.45, 2.75) is 45.8 Å². The van der Waals surface area contributed by atoms with Gasteiger partial charge in [-0.25, -0.2) is 0 Å². The van der Waals surface area contributed by atoms with Crippen LogP contribution in [0.4, 0.5) is 0 Å². The summed E-state index contributed by atoms with van der Waals surface area (Å²) < 4.78 is 0. The molecule has 1 aliphatic heterocycles. The van der Waals surface area contributed by atoms with E-state index in [0.717, 1.165) is 32.5 Å². The van der Waals surface area contributed by atoms with Gasteiger partial charge in [-0.15, -0.1) is 0 Å². The number of rotatable bonds is 4. The van der Waals surface area contributed by atoms with E-state index in [9.17, 15) is 5.11 Å². The fourth-order valence-corrected chi connectivity index (χ4v) is 2.18. The minimum absolute atomic E-state index is 0.0638. The van der Waals surface area contributed by atoms with E-state index in [4.69, 9.17) is 0 Å². The number of hydrogen-bond donors (Lipinski definition) is 2. The van der Waals surface area contributed by atoms with Crippen LogP contribution >= 0.6 is 0 Å². The molecule has 0 aromatic heterocycles. The van der Waals surface area contributed by atoms with E-state index in [-0.39, 0.29) is 11.5 Å². The highest BCUT2D eigenvalue weighted by Crippen LogP contribution is 2.23. The van der Waals surface area contributed by atoms with Gasteiger partial charge in [0.05, 0.1) is 6.10 Å². The molecule has 1 aliphatic rings. The van der Waals surface area contributed by atoms with Gasteiger partial charge >= 0.3 is 0 Å². The van der Waals surface area contributed by atoms with Gasteiger partial charge in [-0.2, -0.15) is 0 Å². The van der Waals surface area contributed by atoms with Crippen molar-refractivity contribution in [3.8, 4) is 0 Å². The highest BCUT2D eigenvalue weighted by atomic mass is 16.3. The average molecular weight is 214 g/mol. The van der Waals surface area contributed by atoms with Crippen LogP contribution in [0.3, 0.4) is 0 Å². The molecule has 0 aromatic carbocycles. The predicted molar refractivity (Wildman–Crippen MR) is 64.0 cm³/mol. The number of hydrogen-bond acceptors (Lipinski definition) is 3. The Kier molecular flexibility index (Phi) is 4.56. The van der Waals surface area contributed by atoms with Crippen molar-refractivity contribution in [3.63, 3.8) is 0 Å². The summed E-state index contributed by atoms with van der Waals surface area (Å²) in [5, 5.41) is 12.8. The Bertz CT molecular complexity index is 186. The molecule has 0 bridgehead atoms. The third kappa shape index (κ3) is 3.74. The maximum absolute atomic E-state index is 9.44. The molecule has 3 heteroatoms. The molecule has 1 rings (SSSR count). The SMILES string of the molecule is CNC(C)C(C)(C)CN1CCC(O)CC1. The van der Waals surface area contributed by atoms with E-state index in [0.29, 0.717) is 6.04 Å². The molecule has 15 heavy (non-hydrogen) atoms. The van der Waals surface area contributed by atoms with Crippen LogP contribution in [0.15, 0.2) is 0 Å². The summed E-state index contributed by atoms with van der Waals surface area (Å²) in [6.45, 7) is 10.0. The van der Waals surface area contributed by atoms with E-state index in [1.807, 2.05) is 7.05 Å². The molecule has 0 amide bonds. The summed E-state index contributed by atoms with van der Waals surface area (Å²) in [6.07, 6.45) is 1.81. The van der Waals surface area contributed by atoms with Crippen molar-refractivity contribution in [2.75, 3.05) is 26.7 Å². The maximum Gasteiger partial charge on any atom is 0.0564 e. The molecule has 2 N–H and O–H groups in total. The van der Waals surface area contributed by atoms with Crippen LogP contribution in [0.5, 0.6) is 0 Å². The first-order chi connectivity index (χ1) is 6.95. The van der Waals surface area contributed by atoms with Crippen molar-refractivity contribution in [2.24, 2.45) is 5.41 Å². The molecule has 0 saturated carbocycles. The third-order valence-electron chi connectivity index (χ3n) is 3.79. The first-order valence-corrected chi connectivity index (χ1v) is 6.03. The van der Waals surface area contributed by atoms with Crippen LogP contribution in [-0.2, 0) is 0 Å².